The van der Waals surface area contributed by atoms with Crippen LogP contribution in [0.25, 0.3) is 0 Å². The second-order valence-electron chi connectivity index (χ2n) is 5.88. The Morgan fingerprint density at radius 2 is 1.74 bits per heavy atom. The molecule has 0 aliphatic heterocycles. The van der Waals surface area contributed by atoms with Crippen molar-refractivity contribution >= 4 is 26.1 Å². The van der Waals surface area contributed by atoms with Crippen LogP contribution in [0.1, 0.15) is 24.8 Å². The molecule has 0 spiro atoms. The molecule has 0 saturated carbocycles. The summed E-state index contributed by atoms with van der Waals surface area (Å²) in [6.07, 6.45) is 2.28. The number of nitrogens with one attached hydrogen (secondary N) is 3. The Balaban J connectivity index is 2.90. The third-order valence-electron chi connectivity index (χ3n) is 3.90. The number of rotatable bonds is 11. The van der Waals surface area contributed by atoms with Crippen molar-refractivity contribution in [1.29, 1.82) is 0 Å². The maximum absolute atomic E-state index is 12.3. The Morgan fingerprint density at radius 3 is 2.26 bits per heavy atom. The molecule has 12 heteroatoms. The van der Waals surface area contributed by atoms with Gasteiger partial charge in [0.2, 0.25) is 5.91 Å². The highest BCUT2D eigenvalue weighted by atomic mass is 32.2. The molecule has 1 atom stereocenters. The molecule has 10 nitrogen and oxygen atoms in total. The summed E-state index contributed by atoms with van der Waals surface area (Å²) >= 11 is 0. The van der Waals surface area contributed by atoms with Crippen molar-refractivity contribution in [2.75, 3.05) is 20.6 Å². The van der Waals surface area contributed by atoms with E-state index in [1.807, 2.05) is 7.05 Å². The Morgan fingerprint density at radius 1 is 1.07 bits per heavy atom. The first-order chi connectivity index (χ1) is 12.5. The molecule has 154 valence electrons. The topological polar surface area (TPSA) is 162 Å². The van der Waals surface area contributed by atoms with Gasteiger partial charge >= 0.3 is 0 Å². The molecule has 0 saturated heterocycles. The standard InChI is InChI=1S/C15H25N3O7S2/c1-16-8-4-3-5-13(17-2)15(19)18-10-11-6-7-12(26(20,21)22)9-14(11)27(23,24)25/h6-7,9,13,16-17H,3-5,8,10H2,1-2H3,(H,18,19)(H,20,21,22)(H,23,24,25). The lowest BCUT2D eigenvalue weighted by Crippen LogP contribution is -2.42. The molecular weight excluding hydrogens is 398 g/mol. The molecule has 1 amide bonds. The van der Waals surface area contributed by atoms with Gasteiger partial charge in [-0.25, -0.2) is 0 Å². The minimum Gasteiger partial charge on any atom is -0.351 e. The highest BCUT2D eigenvalue weighted by molar-refractivity contribution is 7.86. The van der Waals surface area contributed by atoms with Crippen LogP contribution < -0.4 is 16.0 Å². The zero-order chi connectivity index (χ0) is 20.7. The fourth-order valence-electron chi connectivity index (χ4n) is 2.44. The van der Waals surface area contributed by atoms with Gasteiger partial charge in [0.05, 0.1) is 10.9 Å². The van der Waals surface area contributed by atoms with Gasteiger partial charge in [0, 0.05) is 6.54 Å². The number of amides is 1. The molecule has 27 heavy (non-hydrogen) atoms. The average molecular weight is 424 g/mol. The molecule has 0 aliphatic rings. The van der Waals surface area contributed by atoms with Crippen molar-refractivity contribution < 1.29 is 30.7 Å². The van der Waals surface area contributed by atoms with Crippen molar-refractivity contribution in [3.8, 4) is 0 Å². The maximum atomic E-state index is 12.3. The summed E-state index contributed by atoms with van der Waals surface area (Å²) in [5.74, 6) is -0.359. The van der Waals surface area contributed by atoms with Gasteiger partial charge in [-0.15, -0.1) is 0 Å². The minimum atomic E-state index is -4.76. The number of carbonyl (C=O) groups excluding carboxylic acids is 1. The van der Waals surface area contributed by atoms with Gasteiger partial charge < -0.3 is 16.0 Å². The molecule has 5 N–H and O–H groups in total. The molecule has 1 rings (SSSR count). The first-order valence-electron chi connectivity index (χ1n) is 8.18. The van der Waals surface area contributed by atoms with Crippen LogP contribution in [0.2, 0.25) is 0 Å². The summed E-state index contributed by atoms with van der Waals surface area (Å²) in [4.78, 5) is 10.9. The second-order valence-corrected chi connectivity index (χ2v) is 8.69. The number of hydrogen-bond acceptors (Lipinski definition) is 7. The van der Waals surface area contributed by atoms with Crippen molar-refractivity contribution in [3.05, 3.63) is 23.8 Å². The summed E-state index contributed by atoms with van der Waals surface area (Å²) in [7, 11) is -5.94. The van der Waals surface area contributed by atoms with Gasteiger partial charge in [0.15, 0.2) is 0 Å². The van der Waals surface area contributed by atoms with Gasteiger partial charge in [0.25, 0.3) is 20.2 Å². The molecule has 0 aliphatic carbocycles. The third-order valence-corrected chi connectivity index (χ3v) is 5.69. The maximum Gasteiger partial charge on any atom is 0.294 e. The lowest BCUT2D eigenvalue weighted by atomic mass is 10.1. The monoisotopic (exact) mass is 423 g/mol. The van der Waals surface area contributed by atoms with Crippen LogP contribution in [0.5, 0.6) is 0 Å². The summed E-state index contributed by atoms with van der Waals surface area (Å²) in [6.45, 7) is 0.588. The van der Waals surface area contributed by atoms with Crippen LogP contribution in [0.3, 0.4) is 0 Å². The lowest BCUT2D eigenvalue weighted by molar-refractivity contribution is -0.123. The first-order valence-corrected chi connectivity index (χ1v) is 11.1. The Bertz CT molecular complexity index is 854. The van der Waals surface area contributed by atoms with Crippen LogP contribution >= 0.6 is 0 Å². The molecule has 0 fully saturated rings. The number of carbonyl (C=O) groups is 1. The van der Waals surface area contributed by atoms with Gasteiger partial charge in [-0.2, -0.15) is 16.8 Å². The predicted octanol–water partition coefficient (Wildman–Crippen LogP) is -0.226. The van der Waals surface area contributed by atoms with E-state index in [1.165, 1.54) is 0 Å². The summed E-state index contributed by atoms with van der Waals surface area (Å²) in [5, 5.41) is 8.44. The van der Waals surface area contributed by atoms with Gasteiger partial charge in [-0.05, 0) is 51.2 Å². The SMILES string of the molecule is CNCCCCC(NC)C(=O)NCc1ccc(S(=O)(=O)O)cc1S(=O)(=O)O. The van der Waals surface area contributed by atoms with E-state index in [2.05, 4.69) is 16.0 Å². The molecule has 0 bridgehead atoms. The van der Waals surface area contributed by atoms with E-state index in [-0.39, 0.29) is 18.0 Å². The molecule has 1 aromatic carbocycles. The average Bonchev–Trinajstić information content (AvgIpc) is 2.58. The quantitative estimate of drug-likeness (QED) is 0.239. The smallest absolute Gasteiger partial charge is 0.294 e. The Hall–Kier alpha value is -1.57. The van der Waals surface area contributed by atoms with Gasteiger partial charge in [0.1, 0.15) is 4.90 Å². The molecular formula is C15H25N3O7S2. The van der Waals surface area contributed by atoms with Gasteiger partial charge in [-0.3, -0.25) is 13.9 Å². The van der Waals surface area contributed by atoms with E-state index in [0.717, 1.165) is 31.5 Å². The van der Waals surface area contributed by atoms with Crippen molar-refractivity contribution in [2.45, 2.75) is 41.6 Å². The van der Waals surface area contributed by atoms with Gasteiger partial charge in [-0.1, -0.05) is 12.5 Å². The lowest BCUT2D eigenvalue weighted by Gasteiger charge is -2.17. The molecule has 0 radical (unpaired) electrons. The molecule has 0 aromatic heterocycles. The van der Waals surface area contributed by atoms with E-state index < -0.39 is 36.1 Å². The largest absolute Gasteiger partial charge is 0.351 e. The van der Waals surface area contributed by atoms with E-state index >= 15 is 0 Å². The minimum absolute atomic E-state index is 0.0108. The first kappa shape index (κ1) is 23.5. The number of benzene rings is 1. The van der Waals surface area contributed by atoms with Crippen LogP contribution in [0, 0.1) is 0 Å². The highest BCUT2D eigenvalue weighted by Crippen LogP contribution is 2.20. The highest BCUT2D eigenvalue weighted by Gasteiger charge is 2.22. The fraction of sp³-hybridized carbons (Fsp3) is 0.533. The third kappa shape index (κ3) is 7.52. The summed E-state index contributed by atoms with van der Waals surface area (Å²) in [6, 6.07) is 2.25. The Kier molecular flexibility index (Phi) is 8.78. The van der Waals surface area contributed by atoms with E-state index in [0.29, 0.717) is 12.5 Å². The van der Waals surface area contributed by atoms with Crippen molar-refractivity contribution in [3.63, 3.8) is 0 Å². The second kappa shape index (κ2) is 10.1. The number of hydrogen-bond donors (Lipinski definition) is 5. The molecule has 1 aromatic rings. The van der Waals surface area contributed by atoms with E-state index in [1.54, 1.807) is 7.05 Å². The van der Waals surface area contributed by atoms with Crippen LogP contribution in [0.15, 0.2) is 28.0 Å². The summed E-state index contributed by atoms with van der Waals surface area (Å²) < 4.78 is 63.7. The zero-order valence-corrected chi connectivity index (χ0v) is 16.7. The van der Waals surface area contributed by atoms with Crippen LogP contribution in [-0.2, 0) is 31.6 Å². The predicted molar refractivity (Wildman–Crippen MR) is 98.5 cm³/mol. The van der Waals surface area contributed by atoms with Crippen molar-refractivity contribution in [1.82, 2.24) is 16.0 Å². The molecule has 0 heterocycles. The Labute approximate surface area is 159 Å². The summed E-state index contributed by atoms with van der Waals surface area (Å²) in [5.41, 5.74) is -0.0108. The van der Waals surface area contributed by atoms with Crippen LogP contribution in [0.4, 0.5) is 0 Å². The van der Waals surface area contributed by atoms with E-state index in [9.17, 15) is 26.2 Å². The number of likely N-dealkylation sites (N-methyl/N-ethyl adjacent to an activating group) is 1. The zero-order valence-electron chi connectivity index (χ0n) is 15.1. The van der Waals surface area contributed by atoms with Crippen molar-refractivity contribution in [2.24, 2.45) is 0 Å². The van der Waals surface area contributed by atoms with Crippen LogP contribution in [-0.4, -0.2) is 58.5 Å². The fourth-order valence-corrected chi connectivity index (χ4v) is 3.77. The molecule has 1 unspecified atom stereocenters. The normalized spacial score (nSPS) is 13.3. The number of unbranched alkanes of at least 4 members (excludes halogenated alkanes) is 1. The van der Waals surface area contributed by atoms with E-state index in [4.69, 9.17) is 4.55 Å².